The zero-order valence-corrected chi connectivity index (χ0v) is 21.1. The van der Waals surface area contributed by atoms with E-state index in [2.05, 4.69) is 40.0 Å². The number of hydrogen-bond acceptors (Lipinski definition) is 6. The fraction of sp³-hybridized carbons (Fsp3) is 0.577. The van der Waals surface area contributed by atoms with Crippen molar-refractivity contribution in [3.05, 3.63) is 41.7 Å². The fourth-order valence-corrected chi connectivity index (χ4v) is 5.63. The number of hydrogen-bond donors (Lipinski definition) is 0. The number of carbonyl (C=O) groups excluding carboxylic acids is 2. The van der Waals surface area contributed by atoms with Crippen LogP contribution in [0.5, 0.6) is 0 Å². The van der Waals surface area contributed by atoms with Gasteiger partial charge in [-0.25, -0.2) is 4.79 Å². The molecule has 1 atom stereocenters. The van der Waals surface area contributed by atoms with Crippen LogP contribution in [0.3, 0.4) is 0 Å². The number of likely N-dealkylation sites (tertiary alicyclic amines) is 2. The predicted molar refractivity (Wildman–Crippen MR) is 135 cm³/mol. The van der Waals surface area contributed by atoms with E-state index in [1.807, 2.05) is 4.90 Å². The largest absolute Gasteiger partial charge is 0.378 e. The van der Waals surface area contributed by atoms with Gasteiger partial charge in [-0.1, -0.05) is 6.07 Å². The van der Waals surface area contributed by atoms with Gasteiger partial charge in [-0.05, 0) is 49.6 Å². The summed E-state index contributed by atoms with van der Waals surface area (Å²) in [6, 6.07) is 6.73. The molecule has 0 radical (unpaired) electrons. The first-order valence-electron chi connectivity index (χ1n) is 12.6. The van der Waals surface area contributed by atoms with Crippen molar-refractivity contribution in [3.63, 3.8) is 0 Å². The first-order valence-corrected chi connectivity index (χ1v) is 12.6. The molecule has 2 aromatic rings. The topological polar surface area (TPSA) is 74.2 Å². The van der Waals surface area contributed by atoms with Crippen molar-refractivity contribution in [1.82, 2.24) is 19.6 Å². The first kappa shape index (κ1) is 23.8. The molecule has 1 spiro atoms. The third-order valence-corrected chi connectivity index (χ3v) is 7.95. The lowest BCUT2D eigenvalue weighted by Gasteiger charge is -2.29. The van der Waals surface area contributed by atoms with E-state index in [-0.39, 0.29) is 17.4 Å². The summed E-state index contributed by atoms with van der Waals surface area (Å²) in [6.45, 7) is 11.7. The zero-order chi connectivity index (χ0) is 24.6. The maximum absolute atomic E-state index is 13.1. The third kappa shape index (κ3) is 4.92. The molecule has 9 nitrogen and oxygen atoms in total. The summed E-state index contributed by atoms with van der Waals surface area (Å²) < 4.78 is 6.85. The Balaban J connectivity index is 1.18. The van der Waals surface area contributed by atoms with E-state index in [4.69, 9.17) is 4.74 Å². The van der Waals surface area contributed by atoms with Crippen LogP contribution >= 0.6 is 0 Å². The molecule has 3 saturated heterocycles. The summed E-state index contributed by atoms with van der Waals surface area (Å²) >= 11 is 0. The quantitative estimate of drug-likeness (QED) is 0.670. The van der Waals surface area contributed by atoms with Crippen molar-refractivity contribution in [1.29, 1.82) is 0 Å². The number of amides is 2. The molecule has 2 amide bonds. The number of morpholine rings is 1. The maximum Gasteiger partial charge on any atom is 0.344 e. The van der Waals surface area contributed by atoms with Crippen LogP contribution in [0.25, 0.3) is 0 Å². The average Bonchev–Trinajstić information content (AvgIpc) is 3.61. The highest BCUT2D eigenvalue weighted by atomic mass is 16.5. The standard InChI is InChI=1S/C26H36N6O3/c1-20-14-23(30-10-12-35-13-11-30)5-4-22(20)16-29-8-6-26(18-29)7-9-31(19-26)25(34)32-17-24(15-27-32)28(3)21(2)33/h4-5,14-15,17H,6-13,16,18-19H2,1-3H3. The zero-order valence-electron chi connectivity index (χ0n) is 21.1. The molecular weight excluding hydrogens is 444 g/mol. The van der Waals surface area contributed by atoms with Crippen LogP contribution in [-0.4, -0.2) is 91.0 Å². The lowest BCUT2D eigenvalue weighted by Crippen LogP contribution is -2.36. The number of ether oxygens (including phenoxy) is 1. The van der Waals surface area contributed by atoms with Crippen molar-refractivity contribution >= 4 is 23.3 Å². The molecule has 1 aromatic heterocycles. The summed E-state index contributed by atoms with van der Waals surface area (Å²) in [5.74, 6) is -0.0888. The Morgan fingerprint density at radius 1 is 1.11 bits per heavy atom. The number of anilines is 2. The summed E-state index contributed by atoms with van der Waals surface area (Å²) in [7, 11) is 1.68. The van der Waals surface area contributed by atoms with Gasteiger partial charge in [-0.2, -0.15) is 9.78 Å². The van der Waals surface area contributed by atoms with Gasteiger partial charge in [-0.3, -0.25) is 9.69 Å². The van der Waals surface area contributed by atoms with Crippen LogP contribution in [0, 0.1) is 12.3 Å². The summed E-state index contributed by atoms with van der Waals surface area (Å²) in [5.41, 5.74) is 4.78. The molecule has 5 rings (SSSR count). The summed E-state index contributed by atoms with van der Waals surface area (Å²) in [5, 5.41) is 4.21. The Morgan fingerprint density at radius 3 is 2.63 bits per heavy atom. The number of rotatable bonds is 4. The highest BCUT2D eigenvalue weighted by Gasteiger charge is 2.45. The fourth-order valence-electron chi connectivity index (χ4n) is 5.63. The van der Waals surface area contributed by atoms with E-state index in [1.54, 1.807) is 19.4 Å². The van der Waals surface area contributed by atoms with Gasteiger partial charge in [0.15, 0.2) is 0 Å². The van der Waals surface area contributed by atoms with Crippen molar-refractivity contribution in [2.45, 2.75) is 33.2 Å². The summed E-state index contributed by atoms with van der Waals surface area (Å²) in [4.78, 5) is 33.0. The van der Waals surface area contributed by atoms with E-state index in [0.29, 0.717) is 5.69 Å². The lowest BCUT2D eigenvalue weighted by atomic mass is 9.86. The van der Waals surface area contributed by atoms with Gasteiger partial charge in [0.05, 0.1) is 31.3 Å². The molecule has 3 aliphatic rings. The van der Waals surface area contributed by atoms with Crippen LogP contribution in [0.15, 0.2) is 30.6 Å². The molecule has 3 aliphatic heterocycles. The minimum Gasteiger partial charge on any atom is -0.378 e. The lowest BCUT2D eigenvalue weighted by molar-refractivity contribution is -0.116. The number of aryl methyl sites for hydroxylation is 1. The van der Waals surface area contributed by atoms with Crippen LogP contribution in [0.1, 0.15) is 30.9 Å². The van der Waals surface area contributed by atoms with E-state index in [9.17, 15) is 9.59 Å². The number of carbonyl (C=O) groups is 2. The van der Waals surface area contributed by atoms with Gasteiger partial charge < -0.3 is 19.4 Å². The van der Waals surface area contributed by atoms with Crippen molar-refractivity contribution in [2.24, 2.45) is 5.41 Å². The molecular formula is C26H36N6O3. The van der Waals surface area contributed by atoms with E-state index < -0.39 is 0 Å². The molecule has 1 unspecified atom stereocenters. The van der Waals surface area contributed by atoms with Crippen LogP contribution in [-0.2, 0) is 16.1 Å². The van der Waals surface area contributed by atoms with E-state index in [1.165, 1.54) is 33.3 Å². The number of aromatic nitrogens is 2. The number of nitrogens with zero attached hydrogens (tertiary/aromatic N) is 6. The van der Waals surface area contributed by atoms with E-state index in [0.717, 1.165) is 71.9 Å². The van der Waals surface area contributed by atoms with Gasteiger partial charge in [-0.15, -0.1) is 0 Å². The van der Waals surface area contributed by atoms with Gasteiger partial charge in [0, 0.05) is 64.3 Å². The SMILES string of the molecule is CC(=O)N(C)c1cnn(C(=O)N2CCC3(CCN(Cc4ccc(N5CCOCC5)cc4C)C3)C2)c1. The monoisotopic (exact) mass is 480 g/mol. The second-order valence-corrected chi connectivity index (χ2v) is 10.3. The smallest absolute Gasteiger partial charge is 0.344 e. The van der Waals surface area contributed by atoms with Crippen LogP contribution < -0.4 is 9.80 Å². The second-order valence-electron chi connectivity index (χ2n) is 10.3. The molecule has 1 aromatic carbocycles. The molecule has 9 heteroatoms. The molecule has 188 valence electrons. The van der Waals surface area contributed by atoms with E-state index >= 15 is 0 Å². The highest BCUT2D eigenvalue weighted by Crippen LogP contribution is 2.40. The average molecular weight is 481 g/mol. The van der Waals surface area contributed by atoms with Crippen molar-refractivity contribution in [2.75, 3.05) is 69.3 Å². The van der Waals surface area contributed by atoms with Crippen LogP contribution in [0.4, 0.5) is 16.2 Å². The highest BCUT2D eigenvalue weighted by molar-refractivity contribution is 5.91. The third-order valence-electron chi connectivity index (χ3n) is 7.95. The first-order chi connectivity index (χ1) is 16.8. The maximum atomic E-state index is 13.1. The molecule has 4 heterocycles. The molecule has 0 N–H and O–H groups in total. The number of benzene rings is 1. The Morgan fingerprint density at radius 2 is 1.89 bits per heavy atom. The normalized spacial score (nSPS) is 22.8. The summed E-state index contributed by atoms with van der Waals surface area (Å²) in [6.07, 6.45) is 5.33. The van der Waals surface area contributed by atoms with Crippen molar-refractivity contribution in [3.8, 4) is 0 Å². The van der Waals surface area contributed by atoms with Gasteiger partial charge in [0.1, 0.15) is 0 Å². The minimum atomic E-state index is -0.113. The van der Waals surface area contributed by atoms with Gasteiger partial charge in [0.2, 0.25) is 5.91 Å². The second kappa shape index (κ2) is 9.62. The molecule has 0 aliphatic carbocycles. The Kier molecular flexibility index (Phi) is 6.55. The van der Waals surface area contributed by atoms with Gasteiger partial charge >= 0.3 is 6.03 Å². The minimum absolute atomic E-state index is 0.0888. The Hall–Kier alpha value is -2.91. The Labute approximate surface area is 207 Å². The molecule has 0 bridgehead atoms. The molecule has 3 fully saturated rings. The predicted octanol–water partition coefficient (Wildman–Crippen LogP) is 2.58. The van der Waals surface area contributed by atoms with Gasteiger partial charge in [0.25, 0.3) is 0 Å². The van der Waals surface area contributed by atoms with Crippen LogP contribution in [0.2, 0.25) is 0 Å². The molecule has 0 saturated carbocycles. The molecule has 35 heavy (non-hydrogen) atoms. The Bertz CT molecular complexity index is 1090. The van der Waals surface area contributed by atoms with Crippen molar-refractivity contribution < 1.29 is 14.3 Å².